The van der Waals surface area contributed by atoms with Crippen molar-refractivity contribution in [1.82, 2.24) is 9.47 Å². The molecule has 0 aliphatic carbocycles. The Balaban J connectivity index is 1.89. The van der Waals surface area contributed by atoms with Crippen molar-refractivity contribution in [3.63, 3.8) is 0 Å². The second-order valence-corrected chi connectivity index (χ2v) is 7.24. The Hall–Kier alpha value is -3.61. The summed E-state index contributed by atoms with van der Waals surface area (Å²) in [4.78, 5) is 39.8. The predicted molar refractivity (Wildman–Crippen MR) is 108 cm³/mol. The third-order valence-electron chi connectivity index (χ3n) is 5.36. The lowest BCUT2D eigenvalue weighted by atomic mass is 10.0. The molecule has 2 aliphatic heterocycles. The number of nitrogens with two attached hydrogens (primary N) is 1. The molecule has 3 heterocycles. The molecule has 1 aromatic heterocycles. The first-order valence-electron chi connectivity index (χ1n) is 9.32. The minimum absolute atomic E-state index is 0.0813. The van der Waals surface area contributed by atoms with E-state index in [9.17, 15) is 14.4 Å². The minimum atomic E-state index is -0.868. The summed E-state index contributed by atoms with van der Waals surface area (Å²) in [6.45, 7) is 6.46. The number of nitrogens with zero attached hydrogens (tertiary/aromatic N) is 2. The predicted octanol–water partition coefficient (Wildman–Crippen LogP) is 2.04. The fourth-order valence-electron chi connectivity index (χ4n) is 3.72. The number of hydrogen-bond acceptors (Lipinski definition) is 4. The van der Waals surface area contributed by atoms with Crippen LogP contribution in [0.15, 0.2) is 65.6 Å². The molecular weight excluding hydrogens is 370 g/mol. The first-order chi connectivity index (χ1) is 13.9. The molecule has 0 radical (unpaired) electrons. The highest BCUT2D eigenvalue weighted by Crippen LogP contribution is 2.34. The number of aromatic nitrogens is 1. The summed E-state index contributed by atoms with van der Waals surface area (Å²) in [6, 6.07) is 8.79. The van der Waals surface area contributed by atoms with E-state index in [1.807, 2.05) is 49.4 Å². The number of pyridine rings is 1. The fourth-order valence-corrected chi connectivity index (χ4v) is 3.72. The van der Waals surface area contributed by atoms with Gasteiger partial charge in [0.25, 0.3) is 11.8 Å². The third kappa shape index (κ3) is 3.14. The van der Waals surface area contributed by atoms with Crippen molar-refractivity contribution in [3.8, 4) is 5.75 Å². The molecule has 7 heteroatoms. The van der Waals surface area contributed by atoms with E-state index >= 15 is 0 Å². The van der Waals surface area contributed by atoms with Crippen LogP contribution in [0.3, 0.4) is 0 Å². The number of rotatable bonds is 4. The normalized spacial score (nSPS) is 20.2. The van der Waals surface area contributed by atoms with Gasteiger partial charge in [-0.15, -0.1) is 0 Å². The molecule has 2 aliphatic rings. The summed E-state index contributed by atoms with van der Waals surface area (Å²) in [5.41, 5.74) is 6.25. The third-order valence-corrected chi connectivity index (χ3v) is 5.36. The van der Waals surface area contributed by atoms with Crippen LogP contribution in [0.4, 0.5) is 0 Å². The molecule has 0 unspecified atom stereocenters. The number of amides is 2. The number of carbonyl (C=O) groups excluding carboxylic acids is 2. The topological polar surface area (TPSA) is 94.6 Å². The van der Waals surface area contributed by atoms with Gasteiger partial charge in [-0.2, -0.15) is 0 Å². The molecule has 1 aromatic carbocycles. The Labute approximate surface area is 167 Å². The van der Waals surface area contributed by atoms with E-state index in [1.165, 1.54) is 6.20 Å². The van der Waals surface area contributed by atoms with Crippen molar-refractivity contribution in [3.05, 3.63) is 87.9 Å². The van der Waals surface area contributed by atoms with Gasteiger partial charge < -0.3 is 19.9 Å². The fraction of sp³-hybridized carbons (Fsp3) is 0.227. The van der Waals surface area contributed by atoms with Gasteiger partial charge in [-0.25, -0.2) is 0 Å². The molecule has 2 aromatic rings. The molecular formula is C22H21N3O4. The number of benzene rings is 1. The van der Waals surface area contributed by atoms with Crippen molar-refractivity contribution < 1.29 is 14.3 Å². The summed E-state index contributed by atoms with van der Waals surface area (Å²) in [5.74, 6) is -1.36. The van der Waals surface area contributed by atoms with Crippen LogP contribution < -0.4 is 15.9 Å². The molecule has 148 valence electrons. The zero-order valence-electron chi connectivity index (χ0n) is 16.0. The van der Waals surface area contributed by atoms with Gasteiger partial charge in [0.2, 0.25) is 5.43 Å². The summed E-state index contributed by atoms with van der Waals surface area (Å²) in [5, 5.41) is 0. The molecule has 29 heavy (non-hydrogen) atoms. The maximum Gasteiger partial charge on any atom is 0.275 e. The van der Waals surface area contributed by atoms with Crippen molar-refractivity contribution >= 4 is 11.8 Å². The lowest BCUT2D eigenvalue weighted by molar-refractivity contribution is 0.0641. The smallest absolute Gasteiger partial charge is 0.275 e. The minimum Gasteiger partial charge on any atom is -0.483 e. The van der Waals surface area contributed by atoms with Gasteiger partial charge in [-0.05, 0) is 18.1 Å². The van der Waals surface area contributed by atoms with Gasteiger partial charge in [0, 0.05) is 18.8 Å². The van der Waals surface area contributed by atoms with Crippen LogP contribution in [0.1, 0.15) is 39.4 Å². The van der Waals surface area contributed by atoms with Crippen LogP contribution in [0, 0.1) is 0 Å². The van der Waals surface area contributed by atoms with E-state index in [2.05, 4.69) is 6.58 Å². The highest BCUT2D eigenvalue weighted by molar-refractivity contribution is 5.99. The number of fused-ring (bicyclic) bond motifs is 4. The van der Waals surface area contributed by atoms with E-state index in [0.717, 1.165) is 11.1 Å². The highest BCUT2D eigenvalue weighted by atomic mass is 16.5. The quantitative estimate of drug-likeness (QED) is 0.863. The molecule has 0 spiro atoms. The molecule has 0 saturated carbocycles. The first-order valence-corrected chi connectivity index (χ1v) is 9.32. The first kappa shape index (κ1) is 18.7. The SMILES string of the molecule is C=C1C=C[C@H](C)N2C[C@H]1n1cc(C(N)=O)c(=O)c(OCc3ccccc3)c1C2=O. The Bertz CT molecular complexity index is 1100. The second-order valence-electron chi connectivity index (χ2n) is 7.24. The van der Waals surface area contributed by atoms with E-state index in [4.69, 9.17) is 10.5 Å². The molecule has 2 amide bonds. The van der Waals surface area contributed by atoms with Gasteiger partial charge in [0.15, 0.2) is 11.4 Å². The zero-order valence-corrected chi connectivity index (χ0v) is 16.0. The van der Waals surface area contributed by atoms with Crippen molar-refractivity contribution in [2.75, 3.05) is 6.54 Å². The van der Waals surface area contributed by atoms with Gasteiger partial charge in [-0.1, -0.05) is 49.1 Å². The molecule has 2 atom stereocenters. The number of allylic oxidation sites excluding steroid dienone is 1. The summed E-state index contributed by atoms with van der Waals surface area (Å²) < 4.78 is 7.42. The van der Waals surface area contributed by atoms with Gasteiger partial charge >= 0.3 is 0 Å². The number of hydrogen-bond donors (Lipinski definition) is 1. The Kier molecular flexibility index (Phi) is 4.58. The largest absolute Gasteiger partial charge is 0.483 e. The van der Waals surface area contributed by atoms with Crippen molar-refractivity contribution in [2.45, 2.75) is 25.6 Å². The second kappa shape index (κ2) is 7.09. The van der Waals surface area contributed by atoms with Crippen LogP contribution in [0.2, 0.25) is 0 Å². The van der Waals surface area contributed by atoms with Crippen LogP contribution in [0.25, 0.3) is 0 Å². The van der Waals surface area contributed by atoms with Crippen molar-refractivity contribution in [2.24, 2.45) is 5.73 Å². The standard InChI is InChI=1S/C22H21N3O4/c1-13-8-9-14(2)24-11-17(13)25-10-16(21(23)27)19(26)20(18(25)22(24)28)29-12-15-6-4-3-5-7-15/h3-10,14,17H,1,11-12H2,2H3,(H2,23,27)/t14-,17+/m0/s1. The molecule has 4 rings (SSSR count). The Morgan fingerprint density at radius 2 is 2.00 bits per heavy atom. The number of ether oxygens (including phenoxy) is 1. The lowest BCUT2D eigenvalue weighted by Gasteiger charge is -2.37. The summed E-state index contributed by atoms with van der Waals surface area (Å²) in [6.07, 6.45) is 5.11. The van der Waals surface area contributed by atoms with E-state index in [1.54, 1.807) is 9.47 Å². The summed E-state index contributed by atoms with van der Waals surface area (Å²) in [7, 11) is 0. The monoisotopic (exact) mass is 391 g/mol. The molecule has 0 saturated heterocycles. The van der Waals surface area contributed by atoms with Gasteiger partial charge in [0.05, 0.1) is 6.04 Å². The molecule has 2 N–H and O–H groups in total. The number of primary amides is 1. The van der Waals surface area contributed by atoms with E-state index in [0.29, 0.717) is 6.54 Å². The van der Waals surface area contributed by atoms with Crippen LogP contribution in [0.5, 0.6) is 5.75 Å². The maximum absolute atomic E-state index is 13.3. The average Bonchev–Trinajstić information content (AvgIpc) is 2.84. The molecule has 7 nitrogen and oxygen atoms in total. The number of carbonyl (C=O) groups is 2. The Morgan fingerprint density at radius 3 is 2.69 bits per heavy atom. The van der Waals surface area contributed by atoms with Crippen LogP contribution >= 0.6 is 0 Å². The van der Waals surface area contributed by atoms with Crippen LogP contribution in [-0.4, -0.2) is 33.9 Å². The molecule has 2 bridgehead atoms. The summed E-state index contributed by atoms with van der Waals surface area (Å²) >= 11 is 0. The van der Waals surface area contributed by atoms with Crippen LogP contribution in [-0.2, 0) is 6.61 Å². The zero-order chi connectivity index (χ0) is 20.7. The van der Waals surface area contributed by atoms with E-state index in [-0.39, 0.29) is 41.6 Å². The molecule has 0 fully saturated rings. The lowest BCUT2D eigenvalue weighted by Crippen LogP contribution is -2.48. The van der Waals surface area contributed by atoms with Gasteiger partial charge in [-0.3, -0.25) is 14.4 Å². The van der Waals surface area contributed by atoms with E-state index < -0.39 is 11.3 Å². The average molecular weight is 391 g/mol. The highest BCUT2D eigenvalue weighted by Gasteiger charge is 2.39. The maximum atomic E-state index is 13.3. The Morgan fingerprint density at radius 1 is 1.28 bits per heavy atom. The van der Waals surface area contributed by atoms with Crippen molar-refractivity contribution in [1.29, 1.82) is 0 Å². The van der Waals surface area contributed by atoms with Gasteiger partial charge in [0.1, 0.15) is 12.2 Å².